The average Bonchev–Trinajstić information content (AvgIpc) is 3.08. The summed E-state index contributed by atoms with van der Waals surface area (Å²) in [7, 11) is 2.06. The van der Waals surface area contributed by atoms with Crippen LogP contribution in [0.5, 0.6) is 0 Å². The number of likely N-dealkylation sites (N-methyl/N-ethyl adjacent to an activating group) is 1. The van der Waals surface area contributed by atoms with Gasteiger partial charge < -0.3 is 14.4 Å². The highest BCUT2D eigenvalue weighted by Gasteiger charge is 2.24. The second-order valence-electron chi connectivity index (χ2n) is 6.80. The number of hydrogen-bond donors (Lipinski definition) is 0. The van der Waals surface area contributed by atoms with Gasteiger partial charge in [0.2, 0.25) is 0 Å². The first kappa shape index (κ1) is 17.2. The third-order valence-corrected chi connectivity index (χ3v) is 5.07. The van der Waals surface area contributed by atoms with E-state index in [1.165, 1.54) is 12.1 Å². The predicted molar refractivity (Wildman–Crippen MR) is 103 cm³/mol. The van der Waals surface area contributed by atoms with Crippen LogP contribution in [-0.2, 0) is 0 Å². The molecule has 0 radical (unpaired) electrons. The van der Waals surface area contributed by atoms with Crippen molar-refractivity contribution in [1.82, 2.24) is 14.4 Å². The van der Waals surface area contributed by atoms with Gasteiger partial charge in [-0.3, -0.25) is 14.9 Å². The highest BCUT2D eigenvalue weighted by Crippen LogP contribution is 2.27. The van der Waals surface area contributed by atoms with Gasteiger partial charge in [-0.05, 0) is 25.2 Å². The first-order valence-corrected chi connectivity index (χ1v) is 8.87. The summed E-state index contributed by atoms with van der Waals surface area (Å²) in [5.41, 5.74) is 2.40. The lowest BCUT2D eigenvalue weighted by atomic mass is 10.1. The van der Waals surface area contributed by atoms with Crippen LogP contribution >= 0.6 is 0 Å². The third-order valence-electron chi connectivity index (χ3n) is 5.07. The quantitative estimate of drug-likeness (QED) is 0.529. The molecule has 1 saturated heterocycles. The number of nitrogens with zero attached hydrogens (tertiary/aromatic N) is 4. The van der Waals surface area contributed by atoms with Crippen molar-refractivity contribution in [3.8, 4) is 5.69 Å². The molecule has 0 spiro atoms. The van der Waals surface area contributed by atoms with E-state index in [1.807, 2.05) is 39.9 Å². The van der Waals surface area contributed by atoms with Crippen LogP contribution in [0.1, 0.15) is 10.4 Å². The zero-order valence-electron chi connectivity index (χ0n) is 15.0. The van der Waals surface area contributed by atoms with E-state index in [-0.39, 0.29) is 11.6 Å². The van der Waals surface area contributed by atoms with Crippen molar-refractivity contribution >= 4 is 22.5 Å². The Morgan fingerprint density at radius 1 is 1.00 bits per heavy atom. The third kappa shape index (κ3) is 3.17. The number of rotatable bonds is 3. The van der Waals surface area contributed by atoms with Crippen molar-refractivity contribution in [2.45, 2.75) is 0 Å². The van der Waals surface area contributed by atoms with Crippen LogP contribution in [0.4, 0.5) is 5.69 Å². The maximum Gasteiger partial charge on any atom is 0.269 e. The zero-order chi connectivity index (χ0) is 19.0. The number of carbonyl (C=O) groups is 1. The van der Waals surface area contributed by atoms with E-state index in [1.54, 1.807) is 12.1 Å². The van der Waals surface area contributed by atoms with Crippen LogP contribution in [0.3, 0.4) is 0 Å². The molecule has 1 aliphatic rings. The molecule has 138 valence electrons. The largest absolute Gasteiger partial charge is 0.336 e. The first-order chi connectivity index (χ1) is 13.0. The molecule has 1 aromatic heterocycles. The number of para-hydroxylation sites is 1. The second-order valence-corrected chi connectivity index (χ2v) is 6.80. The second kappa shape index (κ2) is 6.85. The maximum atomic E-state index is 13.1. The highest BCUT2D eigenvalue weighted by atomic mass is 16.6. The lowest BCUT2D eigenvalue weighted by molar-refractivity contribution is -0.384. The number of nitro benzene ring substituents is 1. The number of amides is 1. The van der Waals surface area contributed by atoms with Gasteiger partial charge in [-0.1, -0.05) is 18.2 Å². The number of hydrogen-bond acceptors (Lipinski definition) is 4. The monoisotopic (exact) mass is 364 g/mol. The van der Waals surface area contributed by atoms with E-state index >= 15 is 0 Å². The molecule has 0 unspecified atom stereocenters. The Balaban J connectivity index is 1.75. The van der Waals surface area contributed by atoms with Crippen LogP contribution in [0.2, 0.25) is 0 Å². The van der Waals surface area contributed by atoms with Gasteiger partial charge in [0, 0.05) is 55.6 Å². The van der Waals surface area contributed by atoms with E-state index < -0.39 is 4.92 Å². The standard InChI is InChI=1S/C20H20N4O3/c1-21-10-12-22(13-11-21)20(25)18-14-23(19-5-3-2-4-17(18)19)15-6-8-16(9-7-15)24(26)27/h2-9,14H,10-13H2,1H3. The highest BCUT2D eigenvalue weighted by molar-refractivity contribution is 6.07. The molecule has 27 heavy (non-hydrogen) atoms. The Bertz CT molecular complexity index is 1000. The minimum absolute atomic E-state index is 0.0277. The molecule has 0 N–H and O–H groups in total. The molecule has 2 aromatic carbocycles. The van der Waals surface area contributed by atoms with E-state index in [0.717, 1.165) is 29.7 Å². The van der Waals surface area contributed by atoms with Gasteiger partial charge in [-0.25, -0.2) is 0 Å². The number of non-ortho nitro benzene ring substituents is 1. The molecule has 0 atom stereocenters. The van der Waals surface area contributed by atoms with E-state index in [4.69, 9.17) is 0 Å². The van der Waals surface area contributed by atoms with Gasteiger partial charge >= 0.3 is 0 Å². The first-order valence-electron chi connectivity index (χ1n) is 8.87. The number of benzene rings is 2. The Kier molecular flexibility index (Phi) is 4.37. The van der Waals surface area contributed by atoms with Crippen LogP contribution in [0.15, 0.2) is 54.7 Å². The number of aromatic nitrogens is 1. The number of piperazine rings is 1. The summed E-state index contributed by atoms with van der Waals surface area (Å²) in [6.07, 6.45) is 1.84. The number of nitro groups is 1. The molecule has 1 fully saturated rings. The SMILES string of the molecule is CN1CCN(C(=O)c2cn(-c3ccc([N+](=O)[O-])cc3)c3ccccc23)CC1. The normalized spacial score (nSPS) is 15.2. The summed E-state index contributed by atoms with van der Waals surface area (Å²) in [5.74, 6) is 0.0277. The Morgan fingerprint density at radius 3 is 2.33 bits per heavy atom. The van der Waals surface area contributed by atoms with Crippen molar-refractivity contribution in [2.24, 2.45) is 0 Å². The molecule has 4 rings (SSSR count). The predicted octanol–water partition coefficient (Wildman–Crippen LogP) is 2.93. The Morgan fingerprint density at radius 2 is 1.67 bits per heavy atom. The van der Waals surface area contributed by atoms with Gasteiger partial charge in [0.25, 0.3) is 11.6 Å². The van der Waals surface area contributed by atoms with Crippen molar-refractivity contribution in [1.29, 1.82) is 0 Å². The summed E-state index contributed by atoms with van der Waals surface area (Å²) in [6.45, 7) is 3.16. The number of fused-ring (bicyclic) bond motifs is 1. The van der Waals surface area contributed by atoms with Gasteiger partial charge in [0.15, 0.2) is 0 Å². The minimum Gasteiger partial charge on any atom is -0.336 e. The van der Waals surface area contributed by atoms with E-state index in [2.05, 4.69) is 11.9 Å². The van der Waals surface area contributed by atoms with Crippen molar-refractivity contribution in [3.63, 3.8) is 0 Å². The minimum atomic E-state index is -0.417. The van der Waals surface area contributed by atoms with Crippen molar-refractivity contribution < 1.29 is 9.72 Å². The van der Waals surface area contributed by atoms with Gasteiger partial charge in [0.05, 0.1) is 16.0 Å². The topological polar surface area (TPSA) is 71.6 Å². The smallest absolute Gasteiger partial charge is 0.269 e. The molecule has 0 bridgehead atoms. The molecule has 1 amide bonds. The summed E-state index contributed by atoms with van der Waals surface area (Å²) in [5, 5.41) is 11.8. The van der Waals surface area contributed by atoms with Crippen LogP contribution in [0, 0.1) is 10.1 Å². The lowest BCUT2D eigenvalue weighted by Gasteiger charge is -2.32. The molecular formula is C20H20N4O3. The summed E-state index contributed by atoms with van der Waals surface area (Å²) in [6, 6.07) is 14.1. The average molecular weight is 364 g/mol. The molecule has 0 saturated carbocycles. The van der Waals surface area contributed by atoms with E-state index in [9.17, 15) is 14.9 Å². The summed E-state index contributed by atoms with van der Waals surface area (Å²) in [4.78, 5) is 27.7. The van der Waals surface area contributed by atoms with Crippen molar-refractivity contribution in [2.75, 3.05) is 33.2 Å². The van der Waals surface area contributed by atoms with Gasteiger partial charge in [0.1, 0.15) is 0 Å². The number of carbonyl (C=O) groups excluding carboxylic acids is 1. The van der Waals surface area contributed by atoms with Crippen LogP contribution < -0.4 is 0 Å². The lowest BCUT2D eigenvalue weighted by Crippen LogP contribution is -2.47. The fourth-order valence-corrected chi connectivity index (χ4v) is 3.48. The molecule has 7 nitrogen and oxygen atoms in total. The molecule has 3 aromatic rings. The van der Waals surface area contributed by atoms with Crippen molar-refractivity contribution in [3.05, 3.63) is 70.4 Å². The fraction of sp³-hybridized carbons (Fsp3) is 0.250. The summed E-state index contributed by atoms with van der Waals surface area (Å²) >= 11 is 0. The molecule has 7 heteroatoms. The molecular weight excluding hydrogens is 344 g/mol. The van der Waals surface area contributed by atoms with Gasteiger partial charge in [-0.15, -0.1) is 0 Å². The van der Waals surface area contributed by atoms with Crippen LogP contribution in [0.25, 0.3) is 16.6 Å². The Labute approximate surface area is 156 Å². The van der Waals surface area contributed by atoms with E-state index in [0.29, 0.717) is 18.7 Å². The fourth-order valence-electron chi connectivity index (χ4n) is 3.48. The van der Waals surface area contributed by atoms with Gasteiger partial charge in [-0.2, -0.15) is 0 Å². The van der Waals surface area contributed by atoms with Crippen LogP contribution in [-0.4, -0.2) is 58.4 Å². The molecule has 1 aliphatic heterocycles. The summed E-state index contributed by atoms with van der Waals surface area (Å²) < 4.78 is 1.92. The maximum absolute atomic E-state index is 13.1. The Hall–Kier alpha value is -3.19. The molecule has 2 heterocycles. The zero-order valence-corrected chi connectivity index (χ0v) is 15.0. The molecule has 0 aliphatic carbocycles.